The minimum atomic E-state index is -4.48. The standard InChI is InChI=1S/C30H34F3N5O4/c1-19-15-38(20(2)18-39)28(40)25-14-24(36-29(41)35-23-6-4-22(5-7-23)30(31,32)33)8-9-26(25)42-27(19)17-37(3)16-21-10-12-34-13-11-21/h4-14,19-20,27,39H,15-18H2,1-3H3,(H2,35,36,41)/t19-,20-,27-/m0/s1. The van der Waals surface area contributed by atoms with Gasteiger partial charge in [0.2, 0.25) is 0 Å². The third-order valence-electron chi connectivity index (χ3n) is 7.09. The number of hydrogen-bond acceptors (Lipinski definition) is 6. The minimum absolute atomic E-state index is 0.0664. The maximum Gasteiger partial charge on any atom is 0.416 e. The largest absolute Gasteiger partial charge is 0.488 e. The molecule has 0 spiro atoms. The molecule has 3 atom stereocenters. The number of alkyl halides is 3. The van der Waals surface area contributed by atoms with E-state index < -0.39 is 23.8 Å². The van der Waals surface area contributed by atoms with Crippen LogP contribution in [-0.4, -0.2) is 70.7 Å². The van der Waals surface area contributed by atoms with Crippen molar-refractivity contribution in [2.24, 2.45) is 5.92 Å². The second kappa shape index (κ2) is 13.2. The van der Waals surface area contributed by atoms with Gasteiger partial charge in [0.05, 0.1) is 23.8 Å². The number of aromatic nitrogens is 1. The molecule has 0 fully saturated rings. The summed E-state index contributed by atoms with van der Waals surface area (Å²) in [5, 5.41) is 15.0. The number of anilines is 2. The number of halogens is 3. The third-order valence-corrected chi connectivity index (χ3v) is 7.09. The number of aliphatic hydroxyl groups is 1. The molecule has 3 aromatic rings. The minimum Gasteiger partial charge on any atom is -0.488 e. The first-order valence-corrected chi connectivity index (χ1v) is 13.5. The zero-order chi connectivity index (χ0) is 30.4. The Labute approximate surface area is 242 Å². The van der Waals surface area contributed by atoms with Crippen LogP contribution in [0.25, 0.3) is 0 Å². The number of ether oxygens (including phenoxy) is 1. The van der Waals surface area contributed by atoms with E-state index in [9.17, 15) is 27.9 Å². The van der Waals surface area contributed by atoms with Gasteiger partial charge in [-0.1, -0.05) is 6.92 Å². The van der Waals surface area contributed by atoms with Crippen molar-refractivity contribution in [2.75, 3.05) is 37.4 Å². The fourth-order valence-corrected chi connectivity index (χ4v) is 4.73. The molecule has 3 amide bonds. The monoisotopic (exact) mass is 585 g/mol. The predicted octanol–water partition coefficient (Wildman–Crippen LogP) is 5.10. The predicted molar refractivity (Wildman–Crippen MR) is 152 cm³/mol. The first-order valence-electron chi connectivity index (χ1n) is 13.5. The maximum absolute atomic E-state index is 13.6. The molecular formula is C30H34F3N5O4. The van der Waals surface area contributed by atoms with E-state index >= 15 is 0 Å². The molecule has 1 aromatic heterocycles. The SMILES string of the molecule is C[C@H]1CN([C@@H](C)CO)C(=O)c2cc(NC(=O)Nc3ccc(C(F)(F)F)cc3)ccc2O[C@H]1CN(C)Cc1ccncc1. The number of carbonyl (C=O) groups is 2. The highest BCUT2D eigenvalue weighted by molar-refractivity contribution is 6.02. The van der Waals surface area contributed by atoms with Gasteiger partial charge in [-0.05, 0) is 74.1 Å². The summed E-state index contributed by atoms with van der Waals surface area (Å²) in [5.41, 5.74) is 0.943. The molecule has 224 valence electrons. The van der Waals surface area contributed by atoms with E-state index in [0.717, 1.165) is 29.8 Å². The summed E-state index contributed by atoms with van der Waals surface area (Å²) in [6, 6.07) is 11.5. The number of nitrogens with zero attached hydrogens (tertiary/aromatic N) is 3. The molecular weight excluding hydrogens is 551 g/mol. The normalized spacial score (nSPS) is 18.0. The lowest BCUT2D eigenvalue weighted by molar-refractivity contribution is -0.137. The van der Waals surface area contributed by atoms with Gasteiger partial charge in [0.1, 0.15) is 11.9 Å². The van der Waals surface area contributed by atoms with Crippen LogP contribution < -0.4 is 15.4 Å². The van der Waals surface area contributed by atoms with Gasteiger partial charge in [0.25, 0.3) is 5.91 Å². The van der Waals surface area contributed by atoms with E-state index in [1.165, 1.54) is 6.07 Å². The van der Waals surface area contributed by atoms with E-state index in [2.05, 4.69) is 20.5 Å². The second-order valence-corrected chi connectivity index (χ2v) is 10.5. The van der Waals surface area contributed by atoms with Crippen LogP contribution in [0.3, 0.4) is 0 Å². The average molecular weight is 586 g/mol. The maximum atomic E-state index is 13.6. The molecule has 0 bridgehead atoms. The molecule has 3 N–H and O–H groups in total. The number of pyridine rings is 1. The summed E-state index contributed by atoms with van der Waals surface area (Å²) in [6.07, 6.45) is -1.30. The Kier molecular flexibility index (Phi) is 9.69. The van der Waals surface area contributed by atoms with E-state index in [-0.39, 0.29) is 41.5 Å². The van der Waals surface area contributed by atoms with Crippen molar-refractivity contribution in [1.29, 1.82) is 0 Å². The summed E-state index contributed by atoms with van der Waals surface area (Å²) in [6.45, 7) is 5.12. The number of fused-ring (bicyclic) bond motifs is 1. The van der Waals surface area contributed by atoms with Crippen LogP contribution in [0, 0.1) is 5.92 Å². The van der Waals surface area contributed by atoms with Crippen molar-refractivity contribution in [3.8, 4) is 5.75 Å². The second-order valence-electron chi connectivity index (χ2n) is 10.5. The van der Waals surface area contributed by atoms with Gasteiger partial charge in [-0.25, -0.2) is 4.79 Å². The van der Waals surface area contributed by atoms with Crippen LogP contribution in [0.5, 0.6) is 5.75 Å². The Hall–Kier alpha value is -4.16. The van der Waals surface area contributed by atoms with Gasteiger partial charge in [0.15, 0.2) is 0 Å². The lowest BCUT2D eigenvalue weighted by Crippen LogP contribution is -2.49. The number of urea groups is 1. The Morgan fingerprint density at radius 1 is 1.12 bits per heavy atom. The van der Waals surface area contributed by atoms with Crippen molar-refractivity contribution >= 4 is 23.3 Å². The summed E-state index contributed by atoms with van der Waals surface area (Å²) in [7, 11) is 1.98. The zero-order valence-electron chi connectivity index (χ0n) is 23.6. The molecule has 12 heteroatoms. The molecule has 0 saturated carbocycles. The summed E-state index contributed by atoms with van der Waals surface area (Å²) < 4.78 is 44.9. The van der Waals surface area contributed by atoms with Gasteiger partial charge in [-0.3, -0.25) is 14.7 Å². The molecule has 0 saturated heterocycles. The van der Waals surface area contributed by atoms with Crippen LogP contribution in [0.1, 0.15) is 35.3 Å². The molecule has 2 heterocycles. The molecule has 0 radical (unpaired) electrons. The van der Waals surface area contributed by atoms with E-state index in [1.807, 2.05) is 26.1 Å². The number of carbonyl (C=O) groups excluding carboxylic acids is 2. The van der Waals surface area contributed by atoms with Crippen molar-refractivity contribution in [3.05, 3.63) is 83.7 Å². The van der Waals surface area contributed by atoms with Crippen molar-refractivity contribution < 1.29 is 32.6 Å². The molecule has 4 rings (SSSR count). The van der Waals surface area contributed by atoms with Crippen LogP contribution in [0.4, 0.5) is 29.3 Å². The average Bonchev–Trinajstić information content (AvgIpc) is 2.95. The molecule has 42 heavy (non-hydrogen) atoms. The Morgan fingerprint density at radius 3 is 2.40 bits per heavy atom. The summed E-state index contributed by atoms with van der Waals surface area (Å²) >= 11 is 0. The Bertz CT molecular complexity index is 1370. The molecule has 1 aliphatic heterocycles. The van der Waals surface area contributed by atoms with Gasteiger partial charge in [-0.15, -0.1) is 0 Å². The van der Waals surface area contributed by atoms with Crippen LogP contribution in [0.15, 0.2) is 67.0 Å². The van der Waals surface area contributed by atoms with Crippen molar-refractivity contribution in [3.63, 3.8) is 0 Å². The number of likely N-dealkylation sites (N-methyl/N-ethyl adjacent to an activating group) is 1. The first-order chi connectivity index (χ1) is 19.9. The highest BCUT2D eigenvalue weighted by Gasteiger charge is 2.34. The number of hydrogen-bond donors (Lipinski definition) is 3. The highest BCUT2D eigenvalue weighted by Crippen LogP contribution is 2.32. The van der Waals surface area contributed by atoms with Crippen LogP contribution in [-0.2, 0) is 12.7 Å². The molecule has 9 nitrogen and oxygen atoms in total. The summed E-state index contributed by atoms with van der Waals surface area (Å²) in [5.74, 6) is -0.0743. The fourth-order valence-electron chi connectivity index (χ4n) is 4.73. The van der Waals surface area contributed by atoms with Gasteiger partial charge >= 0.3 is 12.2 Å². The van der Waals surface area contributed by atoms with Crippen molar-refractivity contribution in [2.45, 2.75) is 38.7 Å². The zero-order valence-corrected chi connectivity index (χ0v) is 23.6. The van der Waals surface area contributed by atoms with E-state index in [4.69, 9.17) is 4.74 Å². The lowest BCUT2D eigenvalue weighted by atomic mass is 9.99. The first kappa shape index (κ1) is 30.8. The molecule has 2 aromatic carbocycles. The van der Waals surface area contributed by atoms with Crippen molar-refractivity contribution in [1.82, 2.24) is 14.8 Å². The summed E-state index contributed by atoms with van der Waals surface area (Å²) in [4.78, 5) is 34.0. The lowest BCUT2D eigenvalue weighted by Gasteiger charge is -2.38. The van der Waals surface area contributed by atoms with Gasteiger partial charge in [-0.2, -0.15) is 13.2 Å². The fraction of sp³-hybridized carbons (Fsp3) is 0.367. The molecule has 0 aliphatic carbocycles. The number of aliphatic hydroxyl groups excluding tert-OH is 1. The number of amides is 3. The number of benzene rings is 2. The third kappa shape index (κ3) is 7.77. The Morgan fingerprint density at radius 2 is 1.76 bits per heavy atom. The van der Waals surface area contributed by atoms with Gasteiger partial charge < -0.3 is 25.4 Å². The van der Waals surface area contributed by atoms with Crippen LogP contribution >= 0.6 is 0 Å². The smallest absolute Gasteiger partial charge is 0.416 e. The number of nitrogens with one attached hydrogen (secondary N) is 2. The van der Waals surface area contributed by atoms with Crippen LogP contribution in [0.2, 0.25) is 0 Å². The quantitative estimate of drug-likeness (QED) is 0.340. The molecule has 0 unspecified atom stereocenters. The van der Waals surface area contributed by atoms with Gasteiger partial charge in [0, 0.05) is 49.3 Å². The highest BCUT2D eigenvalue weighted by atomic mass is 19.4. The number of rotatable bonds is 8. The van der Waals surface area contributed by atoms with E-state index in [0.29, 0.717) is 25.4 Å². The van der Waals surface area contributed by atoms with E-state index in [1.54, 1.807) is 36.4 Å². The molecule has 1 aliphatic rings. The topological polar surface area (TPSA) is 107 Å². The Balaban J connectivity index is 1.53.